The van der Waals surface area contributed by atoms with E-state index in [1.165, 1.54) is 10.3 Å². The lowest BCUT2D eigenvalue weighted by Crippen LogP contribution is -2.05. The van der Waals surface area contributed by atoms with Gasteiger partial charge in [-0.05, 0) is 6.42 Å². The zero-order valence-electron chi connectivity index (χ0n) is 6.79. The molecule has 66 valence electrons. The third kappa shape index (κ3) is 2.58. The second kappa shape index (κ2) is 4.16. The fraction of sp³-hybridized carbons (Fsp3) is 0.375. The zero-order valence-corrected chi connectivity index (χ0v) is 7.54. The van der Waals surface area contributed by atoms with Gasteiger partial charge in [-0.3, -0.25) is 8.88 Å². The molecule has 1 heterocycles. The van der Waals surface area contributed by atoms with Crippen LogP contribution in [0.25, 0.3) is 0 Å². The van der Waals surface area contributed by atoms with Gasteiger partial charge in [0.2, 0.25) is 0 Å². The highest BCUT2D eigenvalue weighted by molar-refractivity contribution is 6.15. The van der Waals surface area contributed by atoms with Crippen LogP contribution in [0.15, 0.2) is 18.5 Å². The summed E-state index contributed by atoms with van der Waals surface area (Å²) in [6.45, 7) is 1.92. The molecule has 0 unspecified atom stereocenters. The molecular weight excluding hydrogens is 178 g/mol. The van der Waals surface area contributed by atoms with Gasteiger partial charge < -0.3 is 4.74 Å². The second-order valence-corrected chi connectivity index (χ2v) is 2.81. The van der Waals surface area contributed by atoms with E-state index in [4.69, 9.17) is 16.5 Å². The number of carbonyl (C=O) groups is 1. The van der Waals surface area contributed by atoms with Gasteiger partial charge in [0.25, 0.3) is 0 Å². The first-order valence-electron chi connectivity index (χ1n) is 3.77. The van der Waals surface area contributed by atoms with Crippen molar-refractivity contribution in [1.82, 2.24) is 4.09 Å². The number of esters is 1. The summed E-state index contributed by atoms with van der Waals surface area (Å²) in [6.07, 6.45) is 4.37. The predicted molar refractivity (Wildman–Crippen MR) is 46.2 cm³/mol. The third-order valence-corrected chi connectivity index (χ3v) is 1.53. The fourth-order valence-corrected chi connectivity index (χ4v) is 0.952. The fourth-order valence-electron chi connectivity index (χ4n) is 0.799. The van der Waals surface area contributed by atoms with Gasteiger partial charge in [-0.25, -0.2) is 0 Å². The molecule has 0 radical (unpaired) electrons. The number of nitrogens with zero attached hydrogens (tertiary/aromatic N) is 1. The standard InChI is InChI=1S/C8H10ClNO2/c1-2-3-8(11)12-7-4-5-10(9)6-7/h4-6H,2-3H2,1H3. The maximum absolute atomic E-state index is 10.9. The van der Waals surface area contributed by atoms with E-state index in [1.807, 2.05) is 6.92 Å². The summed E-state index contributed by atoms with van der Waals surface area (Å²) in [4.78, 5) is 10.9. The Morgan fingerprint density at radius 2 is 2.50 bits per heavy atom. The molecule has 0 amide bonds. The molecular formula is C8H10ClNO2. The minimum atomic E-state index is -0.222. The van der Waals surface area contributed by atoms with Gasteiger partial charge >= 0.3 is 5.97 Å². The van der Waals surface area contributed by atoms with E-state index in [1.54, 1.807) is 12.3 Å². The lowest BCUT2D eigenvalue weighted by Gasteiger charge is -1.98. The molecule has 0 aliphatic carbocycles. The lowest BCUT2D eigenvalue weighted by atomic mass is 10.3. The number of carbonyl (C=O) groups excluding carboxylic acids is 1. The SMILES string of the molecule is CCCC(=O)Oc1ccn(Cl)c1. The average molecular weight is 188 g/mol. The Kier molecular flexibility index (Phi) is 3.17. The van der Waals surface area contributed by atoms with Crippen molar-refractivity contribution < 1.29 is 9.53 Å². The van der Waals surface area contributed by atoms with Crippen LogP contribution >= 0.6 is 11.8 Å². The minimum Gasteiger partial charge on any atom is -0.425 e. The number of hydrogen-bond acceptors (Lipinski definition) is 2. The van der Waals surface area contributed by atoms with Crippen LogP contribution < -0.4 is 4.74 Å². The Labute approximate surface area is 76.0 Å². The molecule has 4 heteroatoms. The van der Waals surface area contributed by atoms with Gasteiger partial charge in [-0.15, -0.1) is 0 Å². The molecule has 0 aliphatic rings. The van der Waals surface area contributed by atoms with Crippen LogP contribution in [0.2, 0.25) is 0 Å². The highest BCUT2D eigenvalue weighted by Crippen LogP contribution is 2.12. The molecule has 0 saturated heterocycles. The Balaban J connectivity index is 2.46. The van der Waals surface area contributed by atoms with Crippen molar-refractivity contribution in [3.63, 3.8) is 0 Å². The average Bonchev–Trinajstić information content (AvgIpc) is 2.36. The molecule has 0 aliphatic heterocycles. The molecule has 1 rings (SSSR count). The number of aromatic nitrogens is 1. The van der Waals surface area contributed by atoms with Gasteiger partial charge in [0.15, 0.2) is 0 Å². The lowest BCUT2D eigenvalue weighted by molar-refractivity contribution is -0.134. The van der Waals surface area contributed by atoms with E-state index in [0.717, 1.165) is 6.42 Å². The van der Waals surface area contributed by atoms with Crippen LogP contribution in [-0.4, -0.2) is 10.1 Å². The van der Waals surface area contributed by atoms with Crippen LogP contribution in [-0.2, 0) is 4.79 Å². The van der Waals surface area contributed by atoms with Crippen LogP contribution in [0.4, 0.5) is 0 Å². The molecule has 0 bridgehead atoms. The van der Waals surface area contributed by atoms with Crippen molar-refractivity contribution in [2.24, 2.45) is 0 Å². The summed E-state index contributed by atoms with van der Waals surface area (Å²) in [5.74, 6) is 0.267. The number of halogens is 1. The zero-order chi connectivity index (χ0) is 8.97. The number of hydrogen-bond donors (Lipinski definition) is 0. The molecule has 0 N–H and O–H groups in total. The summed E-state index contributed by atoms with van der Waals surface area (Å²) in [5.41, 5.74) is 0. The Bertz CT molecular complexity index is 270. The second-order valence-electron chi connectivity index (χ2n) is 2.42. The summed E-state index contributed by atoms with van der Waals surface area (Å²) in [7, 11) is 0. The molecule has 0 spiro atoms. The van der Waals surface area contributed by atoms with Crippen molar-refractivity contribution in [1.29, 1.82) is 0 Å². The molecule has 3 nitrogen and oxygen atoms in total. The molecule has 1 aromatic heterocycles. The largest absolute Gasteiger partial charge is 0.425 e. The Morgan fingerprint density at radius 3 is 3.00 bits per heavy atom. The summed E-state index contributed by atoms with van der Waals surface area (Å²) in [5, 5.41) is 0. The number of rotatable bonds is 3. The first kappa shape index (κ1) is 9.13. The maximum atomic E-state index is 10.9. The Morgan fingerprint density at radius 1 is 1.75 bits per heavy atom. The molecule has 0 atom stereocenters. The highest BCUT2D eigenvalue weighted by Gasteiger charge is 2.03. The van der Waals surface area contributed by atoms with Crippen molar-refractivity contribution in [2.75, 3.05) is 0 Å². The summed E-state index contributed by atoms with van der Waals surface area (Å²) in [6, 6.07) is 1.64. The number of ether oxygens (including phenoxy) is 1. The van der Waals surface area contributed by atoms with Crippen LogP contribution in [0.3, 0.4) is 0 Å². The topological polar surface area (TPSA) is 31.2 Å². The highest BCUT2D eigenvalue weighted by atomic mass is 35.5. The molecule has 0 fully saturated rings. The van der Waals surface area contributed by atoms with Crippen LogP contribution in [0.1, 0.15) is 19.8 Å². The smallest absolute Gasteiger partial charge is 0.311 e. The monoisotopic (exact) mass is 187 g/mol. The van der Waals surface area contributed by atoms with Crippen LogP contribution in [0.5, 0.6) is 5.75 Å². The summed E-state index contributed by atoms with van der Waals surface area (Å²) < 4.78 is 6.25. The van der Waals surface area contributed by atoms with Crippen molar-refractivity contribution in [3.05, 3.63) is 18.5 Å². The van der Waals surface area contributed by atoms with E-state index in [2.05, 4.69) is 0 Å². The van der Waals surface area contributed by atoms with Gasteiger partial charge in [0.1, 0.15) is 5.75 Å². The quantitative estimate of drug-likeness (QED) is 0.680. The van der Waals surface area contributed by atoms with Crippen molar-refractivity contribution in [3.8, 4) is 5.75 Å². The first-order valence-corrected chi connectivity index (χ1v) is 4.11. The Hall–Kier alpha value is -0.960. The van der Waals surface area contributed by atoms with E-state index >= 15 is 0 Å². The summed E-state index contributed by atoms with van der Waals surface area (Å²) >= 11 is 5.55. The van der Waals surface area contributed by atoms with Crippen LogP contribution in [0, 0.1) is 0 Å². The third-order valence-electron chi connectivity index (χ3n) is 1.32. The molecule has 1 aromatic rings. The molecule has 12 heavy (non-hydrogen) atoms. The molecule has 0 saturated carbocycles. The van der Waals surface area contributed by atoms with E-state index in [9.17, 15) is 4.79 Å². The first-order chi connectivity index (χ1) is 5.72. The van der Waals surface area contributed by atoms with E-state index < -0.39 is 0 Å². The van der Waals surface area contributed by atoms with E-state index in [-0.39, 0.29) is 5.97 Å². The van der Waals surface area contributed by atoms with Crippen molar-refractivity contribution >= 4 is 17.7 Å². The van der Waals surface area contributed by atoms with Crippen molar-refractivity contribution in [2.45, 2.75) is 19.8 Å². The predicted octanol–water partition coefficient (Wildman–Crippen LogP) is 2.20. The van der Waals surface area contributed by atoms with Gasteiger partial charge in [-0.1, -0.05) is 6.92 Å². The maximum Gasteiger partial charge on any atom is 0.311 e. The van der Waals surface area contributed by atoms with Gasteiger partial charge in [0, 0.05) is 30.5 Å². The van der Waals surface area contributed by atoms with E-state index in [0.29, 0.717) is 12.2 Å². The molecule has 0 aromatic carbocycles. The normalized spacial score (nSPS) is 9.83. The van der Waals surface area contributed by atoms with Gasteiger partial charge in [0.05, 0.1) is 6.20 Å². The van der Waals surface area contributed by atoms with Gasteiger partial charge in [-0.2, -0.15) is 0 Å². The minimum absolute atomic E-state index is 0.222.